The summed E-state index contributed by atoms with van der Waals surface area (Å²) in [6.45, 7) is 0.177. The molecule has 30 heavy (non-hydrogen) atoms. The van der Waals surface area contributed by atoms with Crippen LogP contribution in [0.2, 0.25) is 5.02 Å². The van der Waals surface area contributed by atoms with Crippen LogP contribution >= 0.6 is 11.6 Å². The minimum atomic E-state index is -0.0253. The number of Topliss-reactive ketones (excluding diaryl/α,β-unsaturated/α-hetero) is 1. The van der Waals surface area contributed by atoms with E-state index in [1.54, 1.807) is 48.9 Å². The van der Waals surface area contributed by atoms with Crippen molar-refractivity contribution in [3.63, 3.8) is 0 Å². The van der Waals surface area contributed by atoms with Gasteiger partial charge < -0.3 is 19.4 Å². The number of hydrogen-bond acceptors (Lipinski definition) is 4. The first-order valence-electron chi connectivity index (χ1n) is 9.28. The van der Waals surface area contributed by atoms with E-state index >= 15 is 0 Å². The lowest BCUT2D eigenvalue weighted by Gasteiger charge is -2.06. The van der Waals surface area contributed by atoms with Crippen LogP contribution in [-0.2, 0) is 6.54 Å². The number of phenols is 1. The van der Waals surface area contributed by atoms with Crippen molar-refractivity contribution >= 4 is 39.3 Å². The largest absolute Gasteiger partial charge is 0.508 e. The Morgan fingerprint density at radius 1 is 1.07 bits per heavy atom. The number of aromatic hydroxyl groups is 1. The Kier molecular flexibility index (Phi) is 4.41. The molecule has 0 amide bonds. The number of nitrogens with zero attached hydrogens (tertiary/aromatic N) is 2. The summed E-state index contributed by atoms with van der Waals surface area (Å²) < 4.78 is 7.63. The van der Waals surface area contributed by atoms with E-state index < -0.39 is 0 Å². The molecule has 0 saturated heterocycles. The molecular formula is C23H16ClN3O3. The SMILES string of the molecule is O=C(Cn1cnc2cc(Cl)ccc21)c1c[nH]c2cc(Oc3ccc(O)cc3)ccc12. The lowest BCUT2D eigenvalue weighted by Crippen LogP contribution is -2.09. The fourth-order valence-corrected chi connectivity index (χ4v) is 3.62. The highest BCUT2D eigenvalue weighted by Gasteiger charge is 2.15. The number of rotatable bonds is 5. The Bertz CT molecular complexity index is 1390. The van der Waals surface area contributed by atoms with Gasteiger partial charge in [-0.3, -0.25) is 4.79 Å². The van der Waals surface area contributed by atoms with Crippen LogP contribution in [0.3, 0.4) is 0 Å². The van der Waals surface area contributed by atoms with Crippen LogP contribution in [-0.4, -0.2) is 25.4 Å². The van der Waals surface area contributed by atoms with Gasteiger partial charge in [-0.1, -0.05) is 11.6 Å². The number of fused-ring (bicyclic) bond motifs is 2. The monoisotopic (exact) mass is 417 g/mol. The highest BCUT2D eigenvalue weighted by Crippen LogP contribution is 2.28. The molecule has 5 rings (SSSR count). The topological polar surface area (TPSA) is 80.1 Å². The zero-order valence-electron chi connectivity index (χ0n) is 15.7. The van der Waals surface area contributed by atoms with Gasteiger partial charge in [-0.05, 0) is 54.6 Å². The average Bonchev–Trinajstić information content (AvgIpc) is 3.33. The summed E-state index contributed by atoms with van der Waals surface area (Å²) in [4.78, 5) is 20.4. The lowest BCUT2D eigenvalue weighted by atomic mass is 10.1. The van der Waals surface area contributed by atoms with Crippen LogP contribution in [0.5, 0.6) is 17.2 Å². The number of halogens is 1. The van der Waals surface area contributed by atoms with E-state index in [0.29, 0.717) is 22.1 Å². The van der Waals surface area contributed by atoms with Crippen molar-refractivity contribution < 1.29 is 14.6 Å². The van der Waals surface area contributed by atoms with Crippen molar-refractivity contribution in [3.8, 4) is 17.2 Å². The summed E-state index contributed by atoms with van der Waals surface area (Å²) in [6, 6.07) is 17.4. The van der Waals surface area contributed by atoms with Crippen molar-refractivity contribution in [2.75, 3.05) is 0 Å². The molecule has 2 N–H and O–H groups in total. The number of carbonyl (C=O) groups excluding carboxylic acids is 1. The van der Waals surface area contributed by atoms with Crippen LogP contribution in [0, 0.1) is 0 Å². The molecule has 148 valence electrons. The number of aromatic nitrogens is 3. The average molecular weight is 418 g/mol. The minimum Gasteiger partial charge on any atom is -0.508 e. The Labute approximate surface area is 176 Å². The van der Waals surface area contributed by atoms with Crippen molar-refractivity contribution in [3.05, 3.63) is 83.8 Å². The summed E-state index contributed by atoms with van der Waals surface area (Å²) in [5.41, 5.74) is 3.02. The summed E-state index contributed by atoms with van der Waals surface area (Å²) in [5.74, 6) is 1.40. The Morgan fingerprint density at radius 2 is 1.87 bits per heavy atom. The molecule has 0 bridgehead atoms. The summed E-state index contributed by atoms with van der Waals surface area (Å²) in [7, 11) is 0. The number of carbonyl (C=O) groups is 1. The van der Waals surface area contributed by atoms with E-state index in [9.17, 15) is 9.90 Å². The number of ether oxygens (including phenoxy) is 1. The highest BCUT2D eigenvalue weighted by atomic mass is 35.5. The quantitative estimate of drug-likeness (QED) is 0.367. The Morgan fingerprint density at radius 3 is 2.70 bits per heavy atom. The van der Waals surface area contributed by atoms with E-state index in [-0.39, 0.29) is 18.1 Å². The molecule has 3 aromatic carbocycles. The number of phenolic OH excluding ortho intramolecular Hbond substituents is 1. The molecule has 0 spiro atoms. The standard InChI is InChI=1S/C23H16ClN3O3/c24-14-1-8-22-21(9-14)26-13-27(22)12-23(29)19-11-25-20-10-17(6-7-18(19)20)30-16-4-2-15(28)3-5-16/h1-11,13,25,28H,12H2. The Balaban J connectivity index is 1.40. The summed E-state index contributed by atoms with van der Waals surface area (Å²) in [5, 5.41) is 10.8. The van der Waals surface area contributed by atoms with Crippen molar-refractivity contribution in [2.24, 2.45) is 0 Å². The molecular weight excluding hydrogens is 402 g/mol. The molecule has 2 heterocycles. The van der Waals surface area contributed by atoms with Gasteiger partial charge in [0.2, 0.25) is 0 Å². The van der Waals surface area contributed by atoms with Gasteiger partial charge in [-0.2, -0.15) is 0 Å². The zero-order valence-corrected chi connectivity index (χ0v) is 16.4. The van der Waals surface area contributed by atoms with Gasteiger partial charge >= 0.3 is 0 Å². The van der Waals surface area contributed by atoms with Gasteiger partial charge in [-0.15, -0.1) is 0 Å². The number of benzene rings is 3. The van der Waals surface area contributed by atoms with Crippen molar-refractivity contribution in [2.45, 2.75) is 6.54 Å². The lowest BCUT2D eigenvalue weighted by molar-refractivity contribution is 0.0975. The van der Waals surface area contributed by atoms with Gasteiger partial charge in [-0.25, -0.2) is 4.98 Å². The maximum Gasteiger partial charge on any atom is 0.184 e. The highest BCUT2D eigenvalue weighted by molar-refractivity contribution is 6.31. The molecule has 7 heteroatoms. The van der Waals surface area contributed by atoms with Gasteiger partial charge in [0.25, 0.3) is 0 Å². The second-order valence-electron chi connectivity index (χ2n) is 6.93. The molecule has 0 aliphatic heterocycles. The molecule has 0 atom stereocenters. The van der Waals surface area contributed by atoms with Crippen LogP contribution in [0.1, 0.15) is 10.4 Å². The predicted octanol–water partition coefficient (Wildman–Crippen LogP) is 5.55. The van der Waals surface area contributed by atoms with Gasteiger partial charge in [0.1, 0.15) is 17.2 Å². The molecule has 6 nitrogen and oxygen atoms in total. The van der Waals surface area contributed by atoms with Crippen LogP contribution < -0.4 is 4.74 Å². The molecule has 0 fully saturated rings. The summed E-state index contributed by atoms with van der Waals surface area (Å²) in [6.07, 6.45) is 3.37. The van der Waals surface area contributed by atoms with E-state index in [0.717, 1.165) is 21.9 Å². The van der Waals surface area contributed by atoms with Crippen LogP contribution in [0.15, 0.2) is 73.2 Å². The molecule has 5 aromatic rings. The fourth-order valence-electron chi connectivity index (χ4n) is 3.45. The third-order valence-electron chi connectivity index (χ3n) is 4.92. The normalized spacial score (nSPS) is 11.2. The second kappa shape index (κ2) is 7.24. The molecule has 2 aromatic heterocycles. The van der Waals surface area contributed by atoms with Crippen LogP contribution in [0.4, 0.5) is 0 Å². The first-order chi connectivity index (χ1) is 14.6. The third-order valence-corrected chi connectivity index (χ3v) is 5.16. The second-order valence-corrected chi connectivity index (χ2v) is 7.37. The number of imidazole rings is 1. The van der Waals surface area contributed by atoms with Crippen molar-refractivity contribution in [1.29, 1.82) is 0 Å². The molecule has 0 aliphatic carbocycles. The first kappa shape index (κ1) is 18.3. The fraction of sp³-hybridized carbons (Fsp3) is 0.0435. The van der Waals surface area contributed by atoms with Gasteiger partial charge in [0.15, 0.2) is 5.78 Å². The smallest absolute Gasteiger partial charge is 0.184 e. The first-order valence-corrected chi connectivity index (χ1v) is 9.66. The molecule has 0 radical (unpaired) electrons. The number of aromatic amines is 1. The van der Waals surface area contributed by atoms with Crippen molar-refractivity contribution in [1.82, 2.24) is 14.5 Å². The van der Waals surface area contributed by atoms with Gasteiger partial charge in [0, 0.05) is 33.8 Å². The zero-order chi connectivity index (χ0) is 20.7. The summed E-state index contributed by atoms with van der Waals surface area (Å²) >= 11 is 6.01. The maximum atomic E-state index is 13.0. The van der Waals surface area contributed by atoms with E-state index in [2.05, 4.69) is 9.97 Å². The van der Waals surface area contributed by atoms with E-state index in [1.165, 1.54) is 0 Å². The van der Waals surface area contributed by atoms with Gasteiger partial charge in [0.05, 0.1) is 23.9 Å². The predicted molar refractivity (Wildman–Crippen MR) is 116 cm³/mol. The number of ketones is 1. The third kappa shape index (κ3) is 3.38. The molecule has 0 aliphatic rings. The molecule has 0 unspecified atom stereocenters. The number of H-pyrrole nitrogens is 1. The van der Waals surface area contributed by atoms with E-state index in [1.807, 2.05) is 28.8 Å². The Hall–Kier alpha value is -3.77. The number of nitrogens with one attached hydrogen (secondary N) is 1. The number of hydrogen-bond donors (Lipinski definition) is 2. The molecule has 0 saturated carbocycles. The maximum absolute atomic E-state index is 13.0. The van der Waals surface area contributed by atoms with Crippen LogP contribution in [0.25, 0.3) is 21.9 Å². The minimum absolute atomic E-state index is 0.0253. The van der Waals surface area contributed by atoms with E-state index in [4.69, 9.17) is 16.3 Å².